The molecule has 10 atom stereocenters. The molecule has 0 bridgehead atoms. The van der Waals surface area contributed by atoms with Crippen LogP contribution in [0, 0.1) is 56.7 Å². The maximum absolute atomic E-state index is 14.0. The van der Waals surface area contributed by atoms with E-state index in [0.29, 0.717) is 49.3 Å². The molecular formula is C34H57NO4. The van der Waals surface area contributed by atoms with Gasteiger partial charge in [0.15, 0.2) is 0 Å². The van der Waals surface area contributed by atoms with Crippen LogP contribution in [0.3, 0.4) is 0 Å². The van der Waals surface area contributed by atoms with Crippen molar-refractivity contribution in [1.29, 1.82) is 0 Å². The molecule has 0 aliphatic heterocycles. The molecule has 0 aromatic rings. The predicted octanol–water partition coefficient (Wildman–Crippen LogP) is 6.13. The zero-order chi connectivity index (χ0) is 28.4. The van der Waals surface area contributed by atoms with Crippen molar-refractivity contribution in [3.8, 4) is 0 Å². The molecule has 5 fully saturated rings. The molecule has 5 aliphatic rings. The molecule has 0 unspecified atom stereocenters. The Kier molecular flexibility index (Phi) is 7.68. The number of carbonyl (C=O) groups is 1. The molecule has 5 rings (SSSR count). The van der Waals surface area contributed by atoms with Gasteiger partial charge in [0.25, 0.3) is 0 Å². The zero-order valence-corrected chi connectivity index (χ0v) is 25.8. The van der Waals surface area contributed by atoms with Crippen LogP contribution in [0.4, 0.5) is 0 Å². The minimum atomic E-state index is -0.300. The van der Waals surface area contributed by atoms with Crippen molar-refractivity contribution in [2.24, 2.45) is 56.7 Å². The van der Waals surface area contributed by atoms with Gasteiger partial charge in [0.2, 0.25) is 5.91 Å². The van der Waals surface area contributed by atoms with Gasteiger partial charge in [0.05, 0.1) is 31.3 Å². The summed E-state index contributed by atoms with van der Waals surface area (Å²) in [5, 5.41) is 23.3. The summed E-state index contributed by atoms with van der Waals surface area (Å²) in [6.45, 7) is 20.4. The quantitative estimate of drug-likeness (QED) is 0.267. The molecule has 0 saturated heterocycles. The molecule has 0 aromatic heterocycles. The number of ether oxygens (including phenoxy) is 1. The second kappa shape index (κ2) is 10.1. The lowest BCUT2D eigenvalue weighted by Gasteiger charge is -2.72. The summed E-state index contributed by atoms with van der Waals surface area (Å²) < 4.78 is 5.44. The van der Waals surface area contributed by atoms with E-state index in [9.17, 15) is 9.90 Å². The number of carbonyl (C=O) groups excluding carboxylic acids is 1. The van der Waals surface area contributed by atoms with Crippen LogP contribution >= 0.6 is 0 Å². The Hall–Kier alpha value is -0.910. The third-order valence-electron chi connectivity index (χ3n) is 14.3. The van der Waals surface area contributed by atoms with Gasteiger partial charge in [-0.1, -0.05) is 46.8 Å². The third kappa shape index (κ3) is 4.14. The van der Waals surface area contributed by atoms with Gasteiger partial charge in [-0.15, -0.1) is 0 Å². The van der Waals surface area contributed by atoms with Crippen molar-refractivity contribution in [2.45, 2.75) is 112 Å². The molecule has 0 radical (unpaired) electrons. The molecule has 5 saturated carbocycles. The topological polar surface area (TPSA) is 78.8 Å². The van der Waals surface area contributed by atoms with Crippen LogP contribution in [-0.2, 0) is 9.53 Å². The minimum absolute atomic E-state index is 0.0120. The van der Waals surface area contributed by atoms with Gasteiger partial charge in [-0.05, 0) is 122 Å². The first kappa shape index (κ1) is 29.6. The Bertz CT molecular complexity index is 963. The molecule has 39 heavy (non-hydrogen) atoms. The first-order valence-electron chi connectivity index (χ1n) is 16.1. The van der Waals surface area contributed by atoms with E-state index in [1.54, 1.807) is 0 Å². The molecule has 0 spiro atoms. The van der Waals surface area contributed by atoms with E-state index >= 15 is 0 Å². The summed E-state index contributed by atoms with van der Waals surface area (Å²) in [6.07, 6.45) is 11.0. The zero-order valence-electron chi connectivity index (χ0n) is 25.8. The highest BCUT2D eigenvalue weighted by Gasteiger charge is 2.71. The first-order chi connectivity index (χ1) is 18.3. The van der Waals surface area contributed by atoms with Gasteiger partial charge < -0.3 is 20.3 Å². The van der Waals surface area contributed by atoms with Crippen molar-refractivity contribution in [2.75, 3.05) is 26.4 Å². The maximum Gasteiger partial charge on any atom is 0.226 e. The van der Waals surface area contributed by atoms with Crippen LogP contribution in [0.5, 0.6) is 0 Å². The third-order valence-corrected chi connectivity index (χ3v) is 14.3. The van der Waals surface area contributed by atoms with E-state index in [4.69, 9.17) is 9.84 Å². The maximum atomic E-state index is 14.0. The summed E-state index contributed by atoms with van der Waals surface area (Å²) in [4.78, 5) is 14.0. The van der Waals surface area contributed by atoms with Crippen molar-refractivity contribution < 1.29 is 19.7 Å². The lowest BCUT2D eigenvalue weighted by atomic mass is 9.32. The molecule has 5 aliphatic carbocycles. The van der Waals surface area contributed by atoms with Crippen LogP contribution in [0.15, 0.2) is 12.2 Å². The molecule has 222 valence electrons. The summed E-state index contributed by atoms with van der Waals surface area (Å²) in [6, 6.07) is 0. The van der Waals surface area contributed by atoms with Crippen molar-refractivity contribution in [3.63, 3.8) is 0 Å². The molecule has 3 N–H and O–H groups in total. The second-order valence-corrected chi connectivity index (χ2v) is 15.8. The Labute approximate surface area is 237 Å². The summed E-state index contributed by atoms with van der Waals surface area (Å²) >= 11 is 0. The van der Waals surface area contributed by atoms with Gasteiger partial charge in [0, 0.05) is 6.54 Å². The van der Waals surface area contributed by atoms with Crippen LogP contribution in [-0.4, -0.2) is 48.6 Å². The fourth-order valence-electron chi connectivity index (χ4n) is 12.1. The number of aliphatic hydroxyl groups excluding tert-OH is 2. The number of hydrogen-bond acceptors (Lipinski definition) is 4. The molecule has 0 aromatic carbocycles. The standard InChI is InChI=1S/C34H57NO4/c1-22(2)23-10-15-34(29(38)35-18-20-39-21-19-36)17-16-32(6)24(28(23)34)8-9-26-31(5)13-12-27(37)30(3,4)25(31)11-14-33(26,32)7/h23-28,36-37H,1,8-21H2,2-7H3,(H,35,38)/t23-,24+,25-,26+,27-,28+,31-,32+,33+,34-/m0/s1. The Balaban J connectivity index is 1.46. The van der Waals surface area contributed by atoms with Crippen LogP contribution < -0.4 is 5.32 Å². The van der Waals surface area contributed by atoms with Gasteiger partial charge in [-0.2, -0.15) is 0 Å². The predicted molar refractivity (Wildman–Crippen MR) is 156 cm³/mol. The van der Waals surface area contributed by atoms with E-state index < -0.39 is 0 Å². The van der Waals surface area contributed by atoms with E-state index in [2.05, 4.69) is 53.4 Å². The lowest BCUT2D eigenvalue weighted by Crippen LogP contribution is -2.67. The first-order valence-corrected chi connectivity index (χ1v) is 16.1. The summed E-state index contributed by atoms with van der Waals surface area (Å²) in [5.41, 5.74) is 1.67. The monoisotopic (exact) mass is 543 g/mol. The number of allylic oxidation sites excluding steroid dienone is 1. The van der Waals surface area contributed by atoms with E-state index in [0.717, 1.165) is 38.5 Å². The van der Waals surface area contributed by atoms with Crippen molar-refractivity contribution >= 4 is 5.91 Å². The number of hydrogen-bond donors (Lipinski definition) is 3. The van der Waals surface area contributed by atoms with Crippen LogP contribution in [0.25, 0.3) is 0 Å². The Morgan fingerprint density at radius 1 is 0.897 bits per heavy atom. The Morgan fingerprint density at radius 2 is 1.64 bits per heavy atom. The largest absolute Gasteiger partial charge is 0.394 e. The Morgan fingerprint density at radius 3 is 2.33 bits per heavy atom. The molecule has 5 heteroatoms. The SMILES string of the molecule is C=C(C)[C@@H]1CC[C@]2(C(=O)NCCOCCO)CC[C@]3(C)[C@H](CC[C@@H]4[C@@]5(C)CC[C@H](O)C(C)(C)[C@@H]5CC[C@]43C)[C@@H]12. The number of nitrogens with one attached hydrogen (secondary N) is 1. The average Bonchev–Trinajstić information content (AvgIpc) is 3.28. The summed E-state index contributed by atoms with van der Waals surface area (Å²) in [5.74, 6) is 2.80. The normalized spacial score (nSPS) is 48.3. The van der Waals surface area contributed by atoms with E-state index in [1.165, 1.54) is 31.3 Å². The lowest BCUT2D eigenvalue weighted by molar-refractivity contribution is -0.246. The fourth-order valence-corrected chi connectivity index (χ4v) is 12.1. The molecule has 5 nitrogen and oxygen atoms in total. The molecular weight excluding hydrogens is 486 g/mol. The summed E-state index contributed by atoms with van der Waals surface area (Å²) in [7, 11) is 0. The number of rotatable bonds is 7. The highest BCUT2D eigenvalue weighted by atomic mass is 16.5. The average molecular weight is 544 g/mol. The number of amides is 1. The smallest absolute Gasteiger partial charge is 0.226 e. The van der Waals surface area contributed by atoms with Gasteiger partial charge in [-0.3, -0.25) is 4.79 Å². The molecule has 0 heterocycles. The number of fused-ring (bicyclic) bond motifs is 7. The van der Waals surface area contributed by atoms with Crippen molar-refractivity contribution in [3.05, 3.63) is 12.2 Å². The fraction of sp³-hybridized carbons (Fsp3) is 0.912. The van der Waals surface area contributed by atoms with E-state index in [-0.39, 0.29) is 45.7 Å². The van der Waals surface area contributed by atoms with Crippen molar-refractivity contribution in [1.82, 2.24) is 5.32 Å². The second-order valence-electron chi connectivity index (χ2n) is 15.8. The molecule has 1 amide bonds. The highest BCUT2D eigenvalue weighted by molar-refractivity contribution is 5.83. The van der Waals surface area contributed by atoms with Gasteiger partial charge in [0.1, 0.15) is 0 Å². The minimum Gasteiger partial charge on any atom is -0.394 e. The van der Waals surface area contributed by atoms with Gasteiger partial charge in [-0.25, -0.2) is 0 Å². The van der Waals surface area contributed by atoms with Crippen LogP contribution in [0.1, 0.15) is 106 Å². The number of aliphatic hydroxyl groups is 2. The van der Waals surface area contributed by atoms with Gasteiger partial charge >= 0.3 is 0 Å². The highest BCUT2D eigenvalue weighted by Crippen LogP contribution is 2.77. The van der Waals surface area contributed by atoms with Crippen LogP contribution in [0.2, 0.25) is 0 Å². The van der Waals surface area contributed by atoms with E-state index in [1.807, 2.05) is 0 Å².